The van der Waals surface area contributed by atoms with Crippen LogP contribution in [0, 0.1) is 0 Å². The molecule has 0 radical (unpaired) electrons. The fourth-order valence-electron chi connectivity index (χ4n) is 2.77. The number of carbonyl (C=O) groups excluding carboxylic acids is 1. The summed E-state index contributed by atoms with van der Waals surface area (Å²) in [6.45, 7) is 1.25. The van der Waals surface area contributed by atoms with Gasteiger partial charge < -0.3 is 9.30 Å². The highest BCUT2D eigenvalue weighted by atomic mass is 32.2. The van der Waals surface area contributed by atoms with Gasteiger partial charge in [-0.15, -0.1) is 0 Å². The van der Waals surface area contributed by atoms with E-state index in [1.54, 1.807) is 0 Å². The van der Waals surface area contributed by atoms with Crippen molar-refractivity contribution in [3.8, 4) is 0 Å². The molecular weight excluding hydrogens is 308 g/mol. The number of fused-ring (bicyclic) bond motifs is 1. The lowest BCUT2D eigenvalue weighted by Crippen LogP contribution is -2.11. The molecule has 0 saturated carbocycles. The zero-order valence-corrected chi connectivity index (χ0v) is 13.3. The van der Waals surface area contributed by atoms with Gasteiger partial charge >= 0.3 is 5.97 Å². The minimum Gasteiger partial charge on any atom is -0.465 e. The molecule has 1 aliphatic heterocycles. The third-order valence-corrected chi connectivity index (χ3v) is 5.17. The number of aromatic nitrogens is 2. The van der Waals surface area contributed by atoms with Gasteiger partial charge in [-0.05, 0) is 17.7 Å². The van der Waals surface area contributed by atoms with E-state index in [2.05, 4.69) is 22.8 Å². The van der Waals surface area contributed by atoms with Crippen molar-refractivity contribution in [3.63, 3.8) is 0 Å². The topological polar surface area (TPSA) is 44.1 Å². The second-order valence-corrected chi connectivity index (χ2v) is 6.69. The van der Waals surface area contributed by atoms with Crippen molar-refractivity contribution in [2.45, 2.75) is 23.4 Å². The molecule has 2 aromatic carbocycles. The molecule has 1 atom stereocenters. The summed E-state index contributed by atoms with van der Waals surface area (Å²) in [6.07, 6.45) is 0.748. The lowest BCUT2D eigenvalue weighted by molar-refractivity contribution is -0.137. The molecule has 0 aliphatic carbocycles. The first-order valence-electron chi connectivity index (χ1n) is 7.64. The van der Waals surface area contributed by atoms with Crippen molar-refractivity contribution in [1.82, 2.24) is 9.55 Å². The van der Waals surface area contributed by atoms with Gasteiger partial charge in [-0.2, -0.15) is 0 Å². The maximum absolute atomic E-state index is 11.8. The first kappa shape index (κ1) is 14.3. The molecule has 1 fully saturated rings. The molecule has 1 aromatic heterocycles. The number of hydrogen-bond donors (Lipinski definition) is 0. The molecule has 1 saturated heterocycles. The van der Waals surface area contributed by atoms with Crippen molar-refractivity contribution in [2.75, 3.05) is 6.61 Å². The lowest BCUT2D eigenvalue weighted by Gasteiger charge is -2.10. The Hall–Kier alpha value is -2.27. The molecule has 0 bridgehead atoms. The van der Waals surface area contributed by atoms with E-state index in [1.165, 1.54) is 17.3 Å². The first-order valence-corrected chi connectivity index (χ1v) is 8.52. The van der Waals surface area contributed by atoms with Gasteiger partial charge in [-0.1, -0.05) is 54.2 Å². The zero-order valence-electron chi connectivity index (χ0n) is 12.5. The molecule has 1 aliphatic rings. The van der Waals surface area contributed by atoms with E-state index >= 15 is 0 Å². The molecule has 0 unspecified atom stereocenters. The minimum absolute atomic E-state index is 0.131. The third-order valence-electron chi connectivity index (χ3n) is 3.94. The maximum Gasteiger partial charge on any atom is 0.319 e. The number of cyclic esters (lactones) is 1. The molecule has 3 aromatic rings. The Morgan fingerprint density at radius 3 is 2.70 bits per heavy atom. The van der Waals surface area contributed by atoms with E-state index < -0.39 is 0 Å². The molecule has 23 heavy (non-hydrogen) atoms. The van der Waals surface area contributed by atoms with Crippen LogP contribution >= 0.6 is 11.8 Å². The summed E-state index contributed by atoms with van der Waals surface area (Å²) in [5.74, 6) is -0.131. The number of esters is 1. The van der Waals surface area contributed by atoms with Crippen LogP contribution in [0.4, 0.5) is 0 Å². The summed E-state index contributed by atoms with van der Waals surface area (Å²) < 4.78 is 7.25. The van der Waals surface area contributed by atoms with Crippen LogP contribution in [0.5, 0.6) is 0 Å². The second kappa shape index (κ2) is 6.08. The van der Waals surface area contributed by atoms with E-state index in [9.17, 15) is 4.79 Å². The van der Waals surface area contributed by atoms with Crippen LogP contribution in [0.2, 0.25) is 0 Å². The minimum atomic E-state index is -0.152. The fraction of sp³-hybridized carbons (Fsp3) is 0.222. The van der Waals surface area contributed by atoms with Crippen molar-refractivity contribution in [3.05, 3.63) is 60.2 Å². The molecule has 0 amide bonds. The number of nitrogens with zero attached hydrogens (tertiary/aromatic N) is 2. The predicted octanol–water partition coefficient (Wildman–Crippen LogP) is 3.49. The SMILES string of the molecule is O=C1OCC[C@H]1Sc1nc2ccccc2n1Cc1ccccc1. The van der Waals surface area contributed by atoms with E-state index in [4.69, 9.17) is 9.72 Å². The summed E-state index contributed by atoms with van der Waals surface area (Å²) >= 11 is 1.51. The largest absolute Gasteiger partial charge is 0.465 e. The summed E-state index contributed by atoms with van der Waals surface area (Å²) in [5.41, 5.74) is 3.26. The Morgan fingerprint density at radius 1 is 1.13 bits per heavy atom. The van der Waals surface area contributed by atoms with Crippen LogP contribution in [0.3, 0.4) is 0 Å². The lowest BCUT2D eigenvalue weighted by atomic mass is 10.2. The van der Waals surface area contributed by atoms with Crippen molar-refractivity contribution in [1.29, 1.82) is 0 Å². The van der Waals surface area contributed by atoms with Crippen LogP contribution in [-0.2, 0) is 16.1 Å². The van der Waals surface area contributed by atoms with Crippen LogP contribution in [-0.4, -0.2) is 27.4 Å². The first-order chi connectivity index (χ1) is 11.3. The van der Waals surface area contributed by atoms with Crippen LogP contribution in [0.1, 0.15) is 12.0 Å². The number of imidazole rings is 1. The van der Waals surface area contributed by atoms with Crippen molar-refractivity contribution < 1.29 is 9.53 Å². The van der Waals surface area contributed by atoms with E-state index in [-0.39, 0.29) is 11.2 Å². The monoisotopic (exact) mass is 324 g/mol. The second-order valence-electron chi connectivity index (χ2n) is 5.52. The Bertz CT molecular complexity index is 845. The number of thioether (sulfide) groups is 1. The average Bonchev–Trinajstić information content (AvgIpc) is 3.13. The maximum atomic E-state index is 11.8. The highest BCUT2D eigenvalue weighted by Gasteiger charge is 2.29. The standard InChI is InChI=1S/C18H16N2O2S/c21-17-16(10-11-22-17)23-18-19-14-8-4-5-9-15(14)20(18)12-13-6-2-1-3-7-13/h1-9,16H,10-12H2/t16-/m1/s1. The predicted molar refractivity (Wildman–Crippen MR) is 90.5 cm³/mol. The Kier molecular flexibility index (Phi) is 3.79. The van der Waals surface area contributed by atoms with Gasteiger partial charge in [0.25, 0.3) is 0 Å². The van der Waals surface area contributed by atoms with Gasteiger partial charge in [-0.25, -0.2) is 4.98 Å². The highest BCUT2D eigenvalue weighted by Crippen LogP contribution is 2.32. The number of benzene rings is 2. The van der Waals surface area contributed by atoms with Gasteiger partial charge in [0.05, 0.1) is 24.2 Å². The van der Waals surface area contributed by atoms with Gasteiger partial charge in [0.2, 0.25) is 0 Å². The fourth-order valence-corrected chi connectivity index (χ4v) is 3.85. The van der Waals surface area contributed by atoms with Crippen molar-refractivity contribution in [2.24, 2.45) is 0 Å². The van der Waals surface area contributed by atoms with Crippen LogP contribution < -0.4 is 0 Å². The van der Waals surface area contributed by atoms with Crippen molar-refractivity contribution >= 4 is 28.8 Å². The average molecular weight is 324 g/mol. The highest BCUT2D eigenvalue weighted by molar-refractivity contribution is 8.00. The van der Waals surface area contributed by atoms with Gasteiger partial charge in [0.1, 0.15) is 5.25 Å². The normalized spacial score (nSPS) is 17.6. The van der Waals surface area contributed by atoms with E-state index in [1.807, 2.05) is 36.4 Å². The molecule has 4 rings (SSSR count). The number of ether oxygens (including phenoxy) is 1. The van der Waals surface area contributed by atoms with E-state index in [0.29, 0.717) is 6.61 Å². The number of para-hydroxylation sites is 2. The van der Waals surface area contributed by atoms with Gasteiger partial charge in [-0.3, -0.25) is 4.79 Å². The molecule has 4 nitrogen and oxygen atoms in total. The number of carbonyl (C=O) groups is 1. The Labute approximate surface area is 138 Å². The third kappa shape index (κ3) is 2.84. The zero-order chi connectivity index (χ0) is 15.6. The molecule has 2 heterocycles. The molecule has 116 valence electrons. The summed E-state index contributed by atoms with van der Waals surface area (Å²) in [7, 11) is 0. The van der Waals surface area contributed by atoms with E-state index in [0.717, 1.165) is 29.2 Å². The van der Waals surface area contributed by atoms with Crippen LogP contribution in [0.25, 0.3) is 11.0 Å². The van der Waals surface area contributed by atoms with Crippen LogP contribution in [0.15, 0.2) is 59.8 Å². The Morgan fingerprint density at radius 2 is 1.91 bits per heavy atom. The summed E-state index contributed by atoms with van der Waals surface area (Å²) in [4.78, 5) is 16.5. The molecule has 0 N–H and O–H groups in total. The van der Waals surface area contributed by atoms with Gasteiger partial charge in [0.15, 0.2) is 5.16 Å². The van der Waals surface area contributed by atoms with Gasteiger partial charge in [0, 0.05) is 6.42 Å². The quantitative estimate of drug-likeness (QED) is 0.689. The smallest absolute Gasteiger partial charge is 0.319 e. The summed E-state index contributed by atoms with van der Waals surface area (Å²) in [5, 5.41) is 0.722. The molecular formula is C18H16N2O2S. The number of rotatable bonds is 4. The number of hydrogen-bond acceptors (Lipinski definition) is 4. The molecule has 0 spiro atoms. The Balaban J connectivity index is 1.73. The summed E-state index contributed by atoms with van der Waals surface area (Å²) in [6, 6.07) is 18.4. The molecule has 5 heteroatoms.